The molecule has 1 fully saturated rings. The molecule has 2 aliphatic heterocycles. The predicted molar refractivity (Wildman–Crippen MR) is 267 cm³/mol. The van der Waals surface area contributed by atoms with E-state index < -0.39 is 52.9 Å². The number of carbonyl (C=O) groups excluding carboxylic acids is 3. The summed E-state index contributed by atoms with van der Waals surface area (Å²) >= 11 is 1.57. The Bertz CT molecular complexity index is 2570. The first-order valence-corrected chi connectivity index (χ1v) is 25.5. The molecule has 12 nitrogen and oxygen atoms in total. The van der Waals surface area contributed by atoms with E-state index >= 15 is 13.2 Å². The second-order valence-corrected chi connectivity index (χ2v) is 21.5. The Morgan fingerprint density at radius 2 is 1.64 bits per heavy atom. The maximum atomic E-state index is 16.0. The Balaban J connectivity index is 0.808. The molecule has 4 N–H and O–H groups in total. The van der Waals surface area contributed by atoms with E-state index in [4.69, 9.17) is 9.47 Å². The topological polar surface area (TPSA) is 149 Å². The van der Waals surface area contributed by atoms with E-state index in [-0.39, 0.29) is 68.3 Å². The Morgan fingerprint density at radius 3 is 2.31 bits per heavy atom. The number of aryl methyl sites for hydroxylation is 1. The molecular weight excluding hydrogens is 918 g/mol. The average Bonchev–Trinajstić information content (AvgIpc) is 4.02. The molecule has 3 amide bonds. The van der Waals surface area contributed by atoms with Crippen LogP contribution in [0.1, 0.15) is 121 Å². The molecule has 70 heavy (non-hydrogen) atoms. The number of aliphatic hydroxyl groups is 1. The highest BCUT2D eigenvalue weighted by Gasteiger charge is 2.45. The highest BCUT2D eigenvalue weighted by atomic mass is 32.1. The van der Waals surface area contributed by atoms with Crippen LogP contribution in [0.3, 0.4) is 0 Å². The van der Waals surface area contributed by atoms with E-state index in [0.717, 1.165) is 57.4 Å². The van der Waals surface area contributed by atoms with Gasteiger partial charge in [-0.3, -0.25) is 19.3 Å². The highest BCUT2D eigenvalue weighted by molar-refractivity contribution is 7.13. The molecule has 16 heteroatoms. The number of carbonyl (C=O) groups is 3. The minimum atomic E-state index is -1.59. The van der Waals surface area contributed by atoms with Crippen LogP contribution in [0.4, 0.5) is 13.2 Å². The summed E-state index contributed by atoms with van der Waals surface area (Å²) in [6.07, 6.45) is 3.56. The number of aliphatic hydroxyl groups excluding tert-OH is 1. The number of nitrogens with zero attached hydrogens (tertiary/aromatic N) is 3. The molecule has 4 heterocycles. The maximum absolute atomic E-state index is 16.0. The Morgan fingerprint density at radius 1 is 0.957 bits per heavy atom. The number of β-amino-alcohol motifs (C(OH)–C–C–N with tert-alkyl or cyclic N) is 1. The van der Waals surface area contributed by atoms with Gasteiger partial charge in [0.2, 0.25) is 17.7 Å². The summed E-state index contributed by atoms with van der Waals surface area (Å²) in [5.41, 5.74) is 4.86. The number of likely N-dealkylation sites (tertiary alicyclic amines) is 1. The number of unbranched alkanes of at least 4 members (excludes halogenated alkanes) is 3. The Hall–Kier alpha value is -5.29. The molecule has 7 rings (SSSR count). The van der Waals surface area contributed by atoms with Gasteiger partial charge >= 0.3 is 0 Å². The van der Waals surface area contributed by atoms with Crippen molar-refractivity contribution in [3.8, 4) is 16.2 Å². The normalized spacial score (nSPS) is 19.0. The number of alkyl halides is 1. The van der Waals surface area contributed by atoms with Gasteiger partial charge in [-0.05, 0) is 88.0 Å². The maximum Gasteiger partial charge on any atom is 0.246 e. The number of hydrogen-bond donors (Lipinski definition) is 4. The number of nitrogens with one attached hydrogen (secondary N) is 3. The van der Waals surface area contributed by atoms with Gasteiger partial charge in [0.1, 0.15) is 35.1 Å². The molecule has 378 valence electrons. The molecule has 0 unspecified atom stereocenters. The minimum absolute atomic E-state index is 0.000394. The third-order valence-electron chi connectivity index (χ3n) is 13.3. The SMILES string of the molecule is Cc1ncsc1-c1ccc(CNC(=O)[C@@H]2C[C@@H](O)CN2C(=O)[C@@H](NC(=O)CCCOCCCCCCOc2cc(F)c([C@@H]3c4[nH]c5ccccc5c4C[C@@H](C)N3CC(C)(C)F)c(F)c2)C(C)(C)C)cc1. The molecule has 0 radical (unpaired) electrons. The first-order valence-electron chi connectivity index (χ1n) is 24.6. The molecule has 3 aromatic carbocycles. The summed E-state index contributed by atoms with van der Waals surface area (Å²) in [7, 11) is 0. The average molecular weight is 987 g/mol. The number of amides is 3. The van der Waals surface area contributed by atoms with E-state index in [1.807, 2.05) is 93.6 Å². The van der Waals surface area contributed by atoms with E-state index in [9.17, 15) is 19.5 Å². The van der Waals surface area contributed by atoms with Crippen LogP contribution in [0, 0.1) is 24.0 Å². The van der Waals surface area contributed by atoms with Crippen molar-refractivity contribution in [2.75, 3.05) is 32.9 Å². The van der Waals surface area contributed by atoms with Crippen LogP contribution in [0.5, 0.6) is 5.75 Å². The Kier molecular flexibility index (Phi) is 17.1. The van der Waals surface area contributed by atoms with E-state index in [1.54, 1.807) is 11.3 Å². The third kappa shape index (κ3) is 13.0. The standard InChI is InChI=1S/C54H69F3N6O6S/c1-33-25-40-39-15-10-11-16-43(39)60-47(40)48(63(33)31-54(6,7)57)46-41(55)27-38(28-42(46)56)69-24-13-9-8-12-22-68-23-14-17-45(65)61-50(53(3,4)5)52(67)62-30-37(64)26-44(62)51(66)58-29-35-18-20-36(21-19-35)49-34(2)59-32-70-49/h10-11,15-16,18-21,27-28,32-33,37,44,48,50,60,64H,8-9,12-14,17,22-26,29-31H2,1-7H3,(H,58,66)(H,61,65)/t33-,37-,44+,48-,50-/m1/s1. The van der Waals surface area contributed by atoms with Crippen LogP contribution in [-0.4, -0.2) is 105 Å². The van der Waals surface area contributed by atoms with Gasteiger partial charge in [-0.25, -0.2) is 18.2 Å². The lowest BCUT2D eigenvalue weighted by Gasteiger charge is -2.43. The number of thiazole rings is 1. The minimum Gasteiger partial charge on any atom is -0.493 e. The van der Waals surface area contributed by atoms with Gasteiger partial charge in [0.15, 0.2) is 0 Å². The smallest absolute Gasteiger partial charge is 0.246 e. The van der Waals surface area contributed by atoms with Crippen molar-refractivity contribution >= 4 is 40.0 Å². The zero-order valence-corrected chi connectivity index (χ0v) is 42.3. The number of para-hydroxylation sites is 1. The fourth-order valence-corrected chi connectivity index (χ4v) is 10.5. The number of benzene rings is 3. The van der Waals surface area contributed by atoms with Gasteiger partial charge in [0.05, 0.1) is 34.8 Å². The first kappa shape index (κ1) is 52.5. The number of H-pyrrole nitrogens is 1. The number of halogens is 3. The van der Waals surface area contributed by atoms with Crippen LogP contribution < -0.4 is 15.4 Å². The van der Waals surface area contributed by atoms with Crippen LogP contribution >= 0.6 is 11.3 Å². The molecule has 0 spiro atoms. The van der Waals surface area contributed by atoms with Crippen LogP contribution in [0.15, 0.2) is 66.2 Å². The summed E-state index contributed by atoms with van der Waals surface area (Å²) in [6.45, 7) is 13.8. The van der Waals surface area contributed by atoms with E-state index in [2.05, 4.69) is 20.6 Å². The second-order valence-electron chi connectivity index (χ2n) is 20.6. The van der Waals surface area contributed by atoms with E-state index in [1.165, 1.54) is 30.9 Å². The lowest BCUT2D eigenvalue weighted by atomic mass is 9.85. The number of ether oxygens (including phenoxy) is 2. The fourth-order valence-electron chi connectivity index (χ4n) is 9.70. The van der Waals surface area contributed by atoms with Crippen LogP contribution in [0.2, 0.25) is 0 Å². The van der Waals surface area contributed by atoms with Gasteiger partial charge in [-0.15, -0.1) is 11.3 Å². The fraction of sp³-hybridized carbons (Fsp3) is 0.519. The quantitative estimate of drug-likeness (QED) is 0.0532. The van der Waals surface area contributed by atoms with Crippen LogP contribution in [0.25, 0.3) is 21.3 Å². The molecule has 2 aliphatic rings. The van der Waals surface area contributed by atoms with Crippen molar-refractivity contribution in [3.05, 3.63) is 106 Å². The molecule has 1 saturated heterocycles. The summed E-state index contributed by atoms with van der Waals surface area (Å²) in [5.74, 6) is -2.47. The number of hydrogen-bond acceptors (Lipinski definition) is 9. The molecule has 0 bridgehead atoms. The van der Waals surface area contributed by atoms with Crippen molar-refractivity contribution in [2.24, 2.45) is 5.41 Å². The third-order valence-corrected chi connectivity index (χ3v) is 14.2. The lowest BCUT2D eigenvalue weighted by Crippen LogP contribution is -2.57. The van der Waals surface area contributed by atoms with Crippen molar-refractivity contribution in [1.29, 1.82) is 0 Å². The zero-order chi connectivity index (χ0) is 50.3. The second kappa shape index (κ2) is 22.9. The predicted octanol–water partition coefficient (Wildman–Crippen LogP) is 9.51. The van der Waals surface area contributed by atoms with Crippen molar-refractivity contribution < 1.29 is 42.1 Å². The lowest BCUT2D eigenvalue weighted by molar-refractivity contribution is -0.144. The zero-order valence-electron chi connectivity index (χ0n) is 41.5. The van der Waals surface area contributed by atoms with Crippen LogP contribution in [-0.2, 0) is 32.1 Å². The number of aromatic amines is 1. The number of fused-ring (bicyclic) bond motifs is 3. The molecule has 5 aromatic rings. The molecular formula is C54H69F3N6O6S. The number of aromatic nitrogens is 2. The van der Waals surface area contributed by atoms with Gasteiger partial charge in [-0.2, -0.15) is 0 Å². The molecule has 0 aliphatic carbocycles. The molecule has 0 saturated carbocycles. The number of rotatable bonds is 21. The largest absolute Gasteiger partial charge is 0.493 e. The van der Waals surface area contributed by atoms with Gasteiger partial charge in [0.25, 0.3) is 0 Å². The van der Waals surface area contributed by atoms with E-state index in [0.29, 0.717) is 38.2 Å². The van der Waals surface area contributed by atoms with Gasteiger partial charge < -0.3 is 35.1 Å². The van der Waals surface area contributed by atoms with Gasteiger partial charge in [-0.1, -0.05) is 69.7 Å². The summed E-state index contributed by atoms with van der Waals surface area (Å²) < 4.78 is 58.8. The molecule has 5 atom stereocenters. The summed E-state index contributed by atoms with van der Waals surface area (Å²) in [4.78, 5) is 52.6. The Labute approximate surface area is 413 Å². The highest BCUT2D eigenvalue weighted by Crippen LogP contribution is 2.44. The van der Waals surface area contributed by atoms with Crippen molar-refractivity contribution in [1.82, 2.24) is 30.4 Å². The van der Waals surface area contributed by atoms with Crippen molar-refractivity contribution in [2.45, 2.75) is 142 Å². The molecule has 2 aromatic heterocycles. The monoisotopic (exact) mass is 986 g/mol. The van der Waals surface area contributed by atoms with Gasteiger partial charge in [0, 0.05) is 86.0 Å². The summed E-state index contributed by atoms with van der Waals surface area (Å²) in [6, 6.07) is 15.3. The van der Waals surface area contributed by atoms with Crippen molar-refractivity contribution in [3.63, 3.8) is 0 Å². The summed E-state index contributed by atoms with van der Waals surface area (Å²) in [5, 5.41) is 17.4. The first-order chi connectivity index (χ1) is 33.3.